The number of rotatable bonds is 16. The fourth-order valence-corrected chi connectivity index (χ4v) is 3.87. The number of benzene rings is 1. The molecule has 0 aromatic heterocycles. The summed E-state index contributed by atoms with van der Waals surface area (Å²) in [6.07, 6.45) is 1.80. The van der Waals surface area contributed by atoms with Crippen LogP contribution >= 0.6 is 11.8 Å². The van der Waals surface area contributed by atoms with E-state index in [-0.39, 0.29) is 24.5 Å². The van der Waals surface area contributed by atoms with E-state index in [0.29, 0.717) is 17.7 Å². The SMILES string of the molecule is CSCCC(N)C(=O)NC(CC(N)=O)C(=O)NC(CC(C)C)C(=O)NC(Cc1ccc(O)cc1)C(=O)O. The third kappa shape index (κ3) is 12.0. The highest BCUT2D eigenvalue weighted by Gasteiger charge is 2.31. The van der Waals surface area contributed by atoms with Gasteiger partial charge in [-0.2, -0.15) is 11.8 Å². The molecule has 1 aromatic carbocycles. The maximum atomic E-state index is 13.0. The van der Waals surface area contributed by atoms with Crippen molar-refractivity contribution in [2.24, 2.45) is 17.4 Å². The number of nitrogens with one attached hydrogen (secondary N) is 3. The van der Waals surface area contributed by atoms with Gasteiger partial charge in [0.1, 0.15) is 23.9 Å². The highest BCUT2D eigenvalue weighted by molar-refractivity contribution is 7.98. The molecule has 4 amide bonds. The average molecular weight is 540 g/mol. The highest BCUT2D eigenvalue weighted by atomic mass is 32.2. The second kappa shape index (κ2) is 15.7. The molecule has 0 bridgehead atoms. The molecule has 0 spiro atoms. The second-order valence-corrected chi connectivity index (χ2v) is 10.1. The van der Waals surface area contributed by atoms with Crippen LogP contribution in [0.2, 0.25) is 0 Å². The molecule has 0 fully saturated rings. The number of phenols is 1. The molecule has 1 rings (SSSR count). The van der Waals surface area contributed by atoms with Crippen molar-refractivity contribution in [1.82, 2.24) is 16.0 Å². The molecule has 1 aromatic rings. The molecule has 4 atom stereocenters. The van der Waals surface area contributed by atoms with Gasteiger partial charge in [0.2, 0.25) is 23.6 Å². The number of carbonyl (C=O) groups excluding carboxylic acids is 4. The fraction of sp³-hybridized carbons (Fsp3) is 0.542. The zero-order valence-corrected chi connectivity index (χ0v) is 22.0. The van der Waals surface area contributed by atoms with Crippen molar-refractivity contribution >= 4 is 41.4 Å². The summed E-state index contributed by atoms with van der Waals surface area (Å²) in [7, 11) is 0. The van der Waals surface area contributed by atoms with Crippen molar-refractivity contribution in [2.75, 3.05) is 12.0 Å². The predicted octanol–water partition coefficient (Wildman–Crippen LogP) is -0.524. The van der Waals surface area contributed by atoms with Crippen LogP contribution in [0.25, 0.3) is 0 Å². The number of amides is 4. The third-order valence-electron chi connectivity index (χ3n) is 5.34. The summed E-state index contributed by atoms with van der Waals surface area (Å²) in [4.78, 5) is 61.8. The number of carboxylic acid groups (broad SMARTS) is 1. The quantitative estimate of drug-likeness (QED) is 0.144. The van der Waals surface area contributed by atoms with Crippen LogP contribution in [0, 0.1) is 5.92 Å². The van der Waals surface area contributed by atoms with Gasteiger partial charge in [-0.25, -0.2) is 4.79 Å². The smallest absolute Gasteiger partial charge is 0.326 e. The van der Waals surface area contributed by atoms with Crippen LogP contribution in [0.4, 0.5) is 0 Å². The molecule has 12 nitrogen and oxygen atoms in total. The van der Waals surface area contributed by atoms with Crippen LogP contribution in [0.15, 0.2) is 24.3 Å². The van der Waals surface area contributed by atoms with Gasteiger partial charge in [-0.05, 0) is 48.5 Å². The van der Waals surface area contributed by atoms with E-state index < -0.39 is 60.2 Å². The largest absolute Gasteiger partial charge is 0.508 e. The van der Waals surface area contributed by atoms with Crippen molar-refractivity contribution < 1.29 is 34.2 Å². The zero-order valence-electron chi connectivity index (χ0n) is 21.2. The number of thioether (sulfide) groups is 1. The Morgan fingerprint density at radius 1 is 0.919 bits per heavy atom. The molecule has 0 saturated carbocycles. The van der Waals surface area contributed by atoms with Crippen LogP contribution in [0.5, 0.6) is 5.75 Å². The van der Waals surface area contributed by atoms with Crippen LogP contribution in [-0.4, -0.2) is 76.0 Å². The standard InChI is InChI=1S/C24H37N5O7S/c1-13(2)10-17(22(33)29-19(24(35)36)11-14-4-6-15(30)7-5-14)28-23(34)18(12-20(26)31)27-21(32)16(25)8-9-37-3/h4-7,13,16-19,30H,8-12,25H2,1-3H3,(H2,26,31)(H,27,32)(H,28,34)(H,29,33)(H,35,36). The first-order valence-electron chi connectivity index (χ1n) is 11.8. The molecular weight excluding hydrogens is 502 g/mol. The van der Waals surface area contributed by atoms with Crippen molar-refractivity contribution in [1.29, 1.82) is 0 Å². The molecule has 206 valence electrons. The molecule has 4 unspecified atom stereocenters. The van der Waals surface area contributed by atoms with E-state index in [1.54, 1.807) is 0 Å². The first-order chi connectivity index (χ1) is 17.3. The number of carbonyl (C=O) groups is 5. The van der Waals surface area contributed by atoms with Crippen molar-refractivity contribution in [2.45, 2.75) is 63.7 Å². The number of nitrogens with two attached hydrogens (primary N) is 2. The van der Waals surface area contributed by atoms with Gasteiger partial charge >= 0.3 is 5.97 Å². The van der Waals surface area contributed by atoms with E-state index >= 15 is 0 Å². The Labute approximate surface area is 220 Å². The highest BCUT2D eigenvalue weighted by Crippen LogP contribution is 2.12. The van der Waals surface area contributed by atoms with Gasteiger partial charge in [0.25, 0.3) is 0 Å². The molecule has 13 heteroatoms. The van der Waals surface area contributed by atoms with Gasteiger partial charge in [-0.1, -0.05) is 26.0 Å². The minimum atomic E-state index is -1.36. The van der Waals surface area contributed by atoms with Crippen molar-refractivity contribution in [3.05, 3.63) is 29.8 Å². The van der Waals surface area contributed by atoms with E-state index in [1.165, 1.54) is 36.0 Å². The molecule has 0 aliphatic carbocycles. The Bertz CT molecular complexity index is 942. The zero-order chi connectivity index (χ0) is 28.1. The number of carboxylic acids is 1. The number of aromatic hydroxyl groups is 1. The van der Waals surface area contributed by atoms with E-state index in [1.807, 2.05) is 20.1 Å². The topological polar surface area (TPSA) is 214 Å². The summed E-state index contributed by atoms with van der Waals surface area (Å²) < 4.78 is 0. The summed E-state index contributed by atoms with van der Waals surface area (Å²) >= 11 is 1.50. The molecule has 9 N–H and O–H groups in total. The lowest BCUT2D eigenvalue weighted by molar-refractivity contribution is -0.142. The van der Waals surface area contributed by atoms with E-state index in [4.69, 9.17) is 11.5 Å². The first kappa shape index (κ1) is 31.7. The molecule has 0 saturated heterocycles. The minimum Gasteiger partial charge on any atom is -0.508 e. The number of primary amides is 1. The van der Waals surface area contributed by atoms with Gasteiger partial charge in [0.05, 0.1) is 12.5 Å². The number of phenolic OH excluding ortho intramolecular Hbond substituents is 1. The van der Waals surface area contributed by atoms with Gasteiger partial charge in [0, 0.05) is 6.42 Å². The Hall–Kier alpha value is -3.32. The normalized spacial score (nSPS) is 14.2. The van der Waals surface area contributed by atoms with Crippen molar-refractivity contribution in [3.63, 3.8) is 0 Å². The number of aliphatic carboxylic acids is 1. The first-order valence-corrected chi connectivity index (χ1v) is 13.2. The Morgan fingerprint density at radius 3 is 1.97 bits per heavy atom. The third-order valence-corrected chi connectivity index (χ3v) is 5.98. The van der Waals surface area contributed by atoms with E-state index in [9.17, 15) is 34.2 Å². The summed E-state index contributed by atoms with van der Waals surface area (Å²) in [5, 5.41) is 26.4. The number of hydrogen-bond donors (Lipinski definition) is 7. The van der Waals surface area contributed by atoms with Gasteiger partial charge in [0.15, 0.2) is 0 Å². The van der Waals surface area contributed by atoms with Crippen LogP contribution in [-0.2, 0) is 30.4 Å². The van der Waals surface area contributed by atoms with Crippen LogP contribution < -0.4 is 27.4 Å². The molecule has 0 aliphatic heterocycles. The molecule has 0 heterocycles. The van der Waals surface area contributed by atoms with Crippen LogP contribution in [0.1, 0.15) is 38.7 Å². The summed E-state index contributed by atoms with van der Waals surface area (Å²) in [6.45, 7) is 3.62. The lowest BCUT2D eigenvalue weighted by atomic mass is 10.0. The van der Waals surface area contributed by atoms with Gasteiger partial charge < -0.3 is 37.6 Å². The Kier molecular flexibility index (Phi) is 13.5. The van der Waals surface area contributed by atoms with Gasteiger partial charge in [-0.3, -0.25) is 19.2 Å². The predicted molar refractivity (Wildman–Crippen MR) is 139 cm³/mol. The summed E-state index contributed by atoms with van der Waals surface area (Å²) in [5.41, 5.74) is 11.7. The Balaban J connectivity index is 3.00. The minimum absolute atomic E-state index is 0.0159. The molecular formula is C24H37N5O7S. The summed E-state index contributed by atoms with van der Waals surface area (Å²) in [5.74, 6) is -3.77. The fourth-order valence-electron chi connectivity index (χ4n) is 3.38. The Morgan fingerprint density at radius 2 is 1.46 bits per heavy atom. The summed E-state index contributed by atoms with van der Waals surface area (Å²) in [6, 6.07) is 1.15. The average Bonchev–Trinajstić information content (AvgIpc) is 2.81. The van der Waals surface area contributed by atoms with Gasteiger partial charge in [-0.15, -0.1) is 0 Å². The van der Waals surface area contributed by atoms with E-state index in [0.717, 1.165) is 0 Å². The van der Waals surface area contributed by atoms with E-state index in [2.05, 4.69) is 16.0 Å². The molecule has 37 heavy (non-hydrogen) atoms. The van der Waals surface area contributed by atoms with Crippen LogP contribution in [0.3, 0.4) is 0 Å². The molecule has 0 radical (unpaired) electrons. The lowest BCUT2D eigenvalue weighted by Crippen LogP contribution is -2.58. The lowest BCUT2D eigenvalue weighted by Gasteiger charge is -2.25. The molecule has 0 aliphatic rings. The number of hydrogen-bond acceptors (Lipinski definition) is 8. The monoisotopic (exact) mass is 539 g/mol. The second-order valence-electron chi connectivity index (χ2n) is 9.08. The van der Waals surface area contributed by atoms with Crippen molar-refractivity contribution in [3.8, 4) is 5.75 Å². The maximum absolute atomic E-state index is 13.0. The maximum Gasteiger partial charge on any atom is 0.326 e.